The summed E-state index contributed by atoms with van der Waals surface area (Å²) in [6.07, 6.45) is 2.52. The van der Waals surface area contributed by atoms with Gasteiger partial charge in [0, 0.05) is 38.4 Å². The van der Waals surface area contributed by atoms with Crippen LogP contribution in [0.1, 0.15) is 18.5 Å². The average Bonchev–Trinajstić information content (AvgIpc) is 2.68. The largest absolute Gasteiger partial charge is 0.345 e. The molecule has 0 aliphatic heterocycles. The minimum absolute atomic E-state index is 0.0464. The first-order valence-electron chi connectivity index (χ1n) is 5.24. The van der Waals surface area contributed by atoms with E-state index >= 15 is 0 Å². The summed E-state index contributed by atoms with van der Waals surface area (Å²) in [6, 6.07) is 3.93. The molecule has 5 nitrogen and oxygen atoms in total. The molecule has 1 rings (SSSR count). The van der Waals surface area contributed by atoms with E-state index < -0.39 is 0 Å². The highest BCUT2D eigenvalue weighted by Crippen LogP contribution is 2.00. The number of hydrogen-bond donors (Lipinski definition) is 0. The monoisotopic (exact) mass is 220 g/mol. The zero-order valence-corrected chi connectivity index (χ0v) is 9.68. The minimum atomic E-state index is 0.0464. The van der Waals surface area contributed by atoms with Crippen molar-refractivity contribution in [2.75, 3.05) is 13.6 Å². The lowest BCUT2D eigenvalue weighted by Gasteiger charge is -2.15. The van der Waals surface area contributed by atoms with Crippen LogP contribution in [0.3, 0.4) is 0 Å². The van der Waals surface area contributed by atoms with Crippen molar-refractivity contribution in [2.24, 2.45) is 0 Å². The van der Waals surface area contributed by atoms with Gasteiger partial charge in [0.05, 0.1) is 12.5 Å². The lowest BCUT2D eigenvalue weighted by Crippen LogP contribution is -2.28. The number of amides is 1. The van der Waals surface area contributed by atoms with E-state index in [1.165, 1.54) is 0 Å². The molecule has 0 aromatic carbocycles. The van der Waals surface area contributed by atoms with Crippen molar-refractivity contribution in [1.82, 2.24) is 14.7 Å². The third-order valence-electron chi connectivity index (χ3n) is 2.45. The zero-order chi connectivity index (χ0) is 12.0. The summed E-state index contributed by atoms with van der Waals surface area (Å²) < 4.78 is 1.80. The third kappa shape index (κ3) is 3.39. The molecule has 0 N–H and O–H groups in total. The molecule has 0 aliphatic carbocycles. The number of nitriles is 1. The molecule has 0 atom stereocenters. The van der Waals surface area contributed by atoms with Crippen LogP contribution in [0.25, 0.3) is 0 Å². The number of carbonyl (C=O) groups is 1. The van der Waals surface area contributed by atoms with E-state index in [0.29, 0.717) is 25.9 Å². The van der Waals surface area contributed by atoms with Crippen molar-refractivity contribution in [3.05, 3.63) is 18.0 Å². The van der Waals surface area contributed by atoms with Crippen molar-refractivity contribution in [3.8, 4) is 6.07 Å². The van der Waals surface area contributed by atoms with Gasteiger partial charge in [0.2, 0.25) is 5.91 Å². The van der Waals surface area contributed by atoms with Gasteiger partial charge in [-0.1, -0.05) is 0 Å². The topological polar surface area (TPSA) is 61.9 Å². The predicted octanol–water partition coefficient (Wildman–Crippen LogP) is 0.954. The molecule has 0 aliphatic rings. The van der Waals surface area contributed by atoms with Gasteiger partial charge in [0.25, 0.3) is 0 Å². The van der Waals surface area contributed by atoms with Gasteiger partial charge < -0.3 is 4.90 Å². The molecule has 1 aromatic heterocycles. The van der Waals surface area contributed by atoms with Crippen LogP contribution in [-0.4, -0.2) is 34.2 Å². The van der Waals surface area contributed by atoms with Gasteiger partial charge in [-0.3, -0.25) is 9.48 Å². The first kappa shape index (κ1) is 12.2. The molecule has 0 fully saturated rings. The molecule has 1 heterocycles. The van der Waals surface area contributed by atoms with Gasteiger partial charge in [-0.25, -0.2) is 0 Å². The lowest BCUT2D eigenvalue weighted by molar-refractivity contribution is -0.130. The van der Waals surface area contributed by atoms with E-state index in [-0.39, 0.29) is 5.91 Å². The Morgan fingerprint density at radius 1 is 1.69 bits per heavy atom. The highest BCUT2D eigenvalue weighted by atomic mass is 16.2. The molecule has 0 bridgehead atoms. The molecular formula is C11H16N4O. The fraction of sp³-hybridized carbons (Fsp3) is 0.545. The fourth-order valence-corrected chi connectivity index (χ4v) is 1.37. The Kier molecular flexibility index (Phi) is 4.52. The van der Waals surface area contributed by atoms with E-state index in [4.69, 9.17) is 5.26 Å². The Hall–Kier alpha value is -1.83. The normalized spacial score (nSPS) is 9.81. The fourth-order valence-electron chi connectivity index (χ4n) is 1.37. The molecular weight excluding hydrogens is 204 g/mol. The van der Waals surface area contributed by atoms with Gasteiger partial charge in [-0.15, -0.1) is 0 Å². The number of nitrogens with zero attached hydrogens (tertiary/aromatic N) is 4. The highest BCUT2D eigenvalue weighted by Gasteiger charge is 2.08. The first-order valence-corrected chi connectivity index (χ1v) is 5.24. The number of aromatic nitrogens is 2. The van der Waals surface area contributed by atoms with Crippen molar-refractivity contribution in [2.45, 2.75) is 26.3 Å². The van der Waals surface area contributed by atoms with Crippen molar-refractivity contribution in [1.29, 1.82) is 5.26 Å². The Morgan fingerprint density at radius 2 is 2.44 bits per heavy atom. The van der Waals surface area contributed by atoms with E-state index in [1.807, 2.05) is 19.1 Å². The first-order chi connectivity index (χ1) is 7.65. The smallest absolute Gasteiger partial charge is 0.224 e. The number of aryl methyl sites for hydroxylation is 2. The third-order valence-corrected chi connectivity index (χ3v) is 2.45. The van der Waals surface area contributed by atoms with Crippen LogP contribution in [0.15, 0.2) is 12.3 Å². The quantitative estimate of drug-likeness (QED) is 0.742. The van der Waals surface area contributed by atoms with Gasteiger partial charge in [-0.05, 0) is 13.0 Å². The lowest BCUT2D eigenvalue weighted by atomic mass is 10.3. The second kappa shape index (κ2) is 5.91. The van der Waals surface area contributed by atoms with Gasteiger partial charge in [-0.2, -0.15) is 10.4 Å². The summed E-state index contributed by atoms with van der Waals surface area (Å²) in [5, 5.41) is 12.5. The van der Waals surface area contributed by atoms with Crippen molar-refractivity contribution in [3.63, 3.8) is 0 Å². The molecule has 16 heavy (non-hydrogen) atoms. The highest BCUT2D eigenvalue weighted by molar-refractivity contribution is 5.75. The molecule has 86 valence electrons. The van der Waals surface area contributed by atoms with Crippen molar-refractivity contribution < 1.29 is 4.79 Å². The molecule has 0 saturated heterocycles. The van der Waals surface area contributed by atoms with Crippen LogP contribution in [0, 0.1) is 18.3 Å². The molecule has 0 saturated carbocycles. The van der Waals surface area contributed by atoms with Crippen LogP contribution in [0.2, 0.25) is 0 Å². The number of carbonyl (C=O) groups excluding carboxylic acids is 1. The predicted molar refractivity (Wildman–Crippen MR) is 59.4 cm³/mol. The van der Waals surface area contributed by atoms with Crippen LogP contribution in [-0.2, 0) is 11.3 Å². The Bertz CT molecular complexity index is 391. The van der Waals surface area contributed by atoms with E-state index in [0.717, 1.165) is 5.69 Å². The van der Waals surface area contributed by atoms with E-state index in [9.17, 15) is 4.79 Å². The van der Waals surface area contributed by atoms with Gasteiger partial charge in [0.15, 0.2) is 0 Å². The summed E-state index contributed by atoms with van der Waals surface area (Å²) >= 11 is 0. The van der Waals surface area contributed by atoms with Crippen LogP contribution in [0.5, 0.6) is 0 Å². The van der Waals surface area contributed by atoms with Gasteiger partial charge >= 0.3 is 0 Å². The second-order valence-corrected chi connectivity index (χ2v) is 3.67. The molecule has 0 spiro atoms. The molecule has 1 aromatic rings. The van der Waals surface area contributed by atoms with Crippen LogP contribution in [0.4, 0.5) is 0 Å². The summed E-state index contributed by atoms with van der Waals surface area (Å²) in [5.41, 5.74) is 1.05. The molecule has 0 unspecified atom stereocenters. The van der Waals surface area contributed by atoms with Crippen molar-refractivity contribution >= 4 is 5.91 Å². The maximum atomic E-state index is 11.6. The summed E-state index contributed by atoms with van der Waals surface area (Å²) in [4.78, 5) is 13.2. The zero-order valence-electron chi connectivity index (χ0n) is 9.68. The summed E-state index contributed by atoms with van der Waals surface area (Å²) in [6.45, 7) is 3.04. The molecule has 5 heteroatoms. The summed E-state index contributed by atoms with van der Waals surface area (Å²) in [5.74, 6) is 0.0464. The SMILES string of the molecule is Cc1ccnn1CCC(=O)N(C)CCC#N. The van der Waals surface area contributed by atoms with Crippen LogP contribution >= 0.6 is 0 Å². The Morgan fingerprint density at radius 3 is 3.00 bits per heavy atom. The van der Waals surface area contributed by atoms with E-state index in [1.54, 1.807) is 22.8 Å². The van der Waals surface area contributed by atoms with Crippen LogP contribution < -0.4 is 0 Å². The second-order valence-electron chi connectivity index (χ2n) is 3.67. The standard InChI is InChI=1S/C11H16N4O/c1-10-4-7-13-15(10)9-5-11(16)14(2)8-3-6-12/h4,7H,3,5,8-9H2,1-2H3. The maximum absolute atomic E-state index is 11.6. The summed E-state index contributed by atoms with van der Waals surface area (Å²) in [7, 11) is 1.72. The average molecular weight is 220 g/mol. The molecule has 1 amide bonds. The maximum Gasteiger partial charge on any atom is 0.224 e. The minimum Gasteiger partial charge on any atom is -0.345 e. The number of rotatable bonds is 5. The Balaban J connectivity index is 2.36. The van der Waals surface area contributed by atoms with Gasteiger partial charge in [0.1, 0.15) is 0 Å². The Labute approximate surface area is 95.3 Å². The van der Waals surface area contributed by atoms with E-state index in [2.05, 4.69) is 5.10 Å². The number of hydrogen-bond acceptors (Lipinski definition) is 3. The molecule has 0 radical (unpaired) electrons.